The number of rotatable bonds is 1. The quantitative estimate of drug-likeness (QED) is 0.796. The molecule has 0 bridgehead atoms. The van der Waals surface area contributed by atoms with Gasteiger partial charge in [-0.3, -0.25) is 0 Å². The van der Waals surface area contributed by atoms with Crippen LogP contribution in [0, 0.1) is 5.41 Å². The molecule has 3 heterocycles. The zero-order valence-electron chi connectivity index (χ0n) is 11.0. The highest BCUT2D eigenvalue weighted by molar-refractivity contribution is 9.11. The van der Waals surface area contributed by atoms with Crippen molar-refractivity contribution in [1.82, 2.24) is 10.3 Å². The molecule has 0 saturated carbocycles. The minimum Gasteiger partial charge on any atom is -0.355 e. The number of halogens is 2. The van der Waals surface area contributed by atoms with E-state index in [0.29, 0.717) is 5.41 Å². The van der Waals surface area contributed by atoms with Crippen LogP contribution in [0.25, 0.3) is 0 Å². The largest absolute Gasteiger partial charge is 0.355 e. The lowest BCUT2D eigenvalue weighted by Crippen LogP contribution is -2.51. The van der Waals surface area contributed by atoms with Gasteiger partial charge in [0.25, 0.3) is 0 Å². The van der Waals surface area contributed by atoms with Gasteiger partial charge in [0.2, 0.25) is 0 Å². The van der Waals surface area contributed by atoms with E-state index in [1.54, 1.807) is 0 Å². The average molecular weight is 389 g/mol. The Hall–Kier alpha value is -0.130. The molecular weight excluding hydrogens is 370 g/mol. The van der Waals surface area contributed by atoms with Crippen molar-refractivity contribution in [1.29, 1.82) is 0 Å². The third kappa shape index (κ3) is 2.98. The number of pyridine rings is 1. The Labute approximate surface area is 131 Å². The van der Waals surface area contributed by atoms with Crippen molar-refractivity contribution < 1.29 is 0 Å². The molecule has 2 aliphatic heterocycles. The van der Waals surface area contributed by atoms with Crippen molar-refractivity contribution in [3.05, 3.63) is 21.2 Å². The van der Waals surface area contributed by atoms with Crippen molar-refractivity contribution in [2.45, 2.75) is 25.7 Å². The second-order valence-electron chi connectivity index (χ2n) is 5.76. The smallest absolute Gasteiger partial charge is 0.142 e. The van der Waals surface area contributed by atoms with E-state index < -0.39 is 0 Å². The maximum atomic E-state index is 4.59. The molecule has 2 fully saturated rings. The monoisotopic (exact) mass is 387 g/mol. The lowest BCUT2D eigenvalue weighted by Gasteiger charge is -2.46. The summed E-state index contributed by atoms with van der Waals surface area (Å²) in [6.45, 7) is 4.60. The van der Waals surface area contributed by atoms with Gasteiger partial charge in [-0.2, -0.15) is 0 Å². The molecule has 2 aliphatic rings. The van der Waals surface area contributed by atoms with E-state index in [1.165, 1.54) is 32.2 Å². The highest BCUT2D eigenvalue weighted by Gasteiger charge is 2.37. The summed E-state index contributed by atoms with van der Waals surface area (Å²) < 4.78 is 2.11. The predicted molar refractivity (Wildman–Crippen MR) is 85.6 cm³/mol. The van der Waals surface area contributed by atoms with Gasteiger partial charge in [-0.05, 0) is 70.2 Å². The molecule has 0 aliphatic carbocycles. The van der Waals surface area contributed by atoms with Crippen LogP contribution in [-0.4, -0.2) is 31.2 Å². The van der Waals surface area contributed by atoms with Crippen molar-refractivity contribution >= 4 is 37.7 Å². The topological polar surface area (TPSA) is 28.2 Å². The molecule has 2 saturated heterocycles. The first-order valence-electron chi connectivity index (χ1n) is 6.95. The number of nitrogens with zero attached hydrogens (tertiary/aromatic N) is 2. The molecule has 5 heteroatoms. The molecule has 1 atom stereocenters. The third-order valence-corrected chi connectivity index (χ3v) is 5.33. The second kappa shape index (κ2) is 5.70. The first kappa shape index (κ1) is 13.8. The first-order valence-corrected chi connectivity index (χ1v) is 8.54. The Balaban J connectivity index is 1.81. The van der Waals surface area contributed by atoms with Gasteiger partial charge in [-0.1, -0.05) is 0 Å². The summed E-state index contributed by atoms with van der Waals surface area (Å²) in [6, 6.07) is 2.09. The van der Waals surface area contributed by atoms with Crippen LogP contribution in [0.5, 0.6) is 0 Å². The standard InChI is InChI=1S/C14H19Br2N3/c15-11-7-12(16)13(18-8-11)19-6-2-4-14(10-19)3-1-5-17-9-14/h7-8,17H,1-6,9-10H2. The van der Waals surface area contributed by atoms with Crippen LogP contribution < -0.4 is 10.2 Å². The van der Waals surface area contributed by atoms with Gasteiger partial charge in [0.05, 0.1) is 4.47 Å². The van der Waals surface area contributed by atoms with Gasteiger partial charge in [-0.25, -0.2) is 4.98 Å². The minimum atomic E-state index is 0.463. The number of anilines is 1. The normalized spacial score (nSPS) is 27.8. The average Bonchev–Trinajstić information content (AvgIpc) is 2.39. The maximum Gasteiger partial charge on any atom is 0.142 e. The molecule has 1 N–H and O–H groups in total. The Bertz CT molecular complexity index is 452. The minimum absolute atomic E-state index is 0.463. The second-order valence-corrected chi connectivity index (χ2v) is 7.53. The van der Waals surface area contributed by atoms with Gasteiger partial charge < -0.3 is 10.2 Å². The van der Waals surface area contributed by atoms with Gasteiger partial charge in [-0.15, -0.1) is 0 Å². The maximum absolute atomic E-state index is 4.59. The zero-order chi connectivity index (χ0) is 13.3. The number of aromatic nitrogens is 1. The molecule has 3 nitrogen and oxygen atoms in total. The lowest BCUT2D eigenvalue weighted by atomic mass is 9.74. The molecule has 0 radical (unpaired) electrons. The summed E-state index contributed by atoms with van der Waals surface area (Å²) in [6.07, 6.45) is 7.17. The molecule has 19 heavy (non-hydrogen) atoms. The number of piperidine rings is 2. The van der Waals surface area contributed by atoms with E-state index in [9.17, 15) is 0 Å². The van der Waals surface area contributed by atoms with E-state index >= 15 is 0 Å². The summed E-state index contributed by atoms with van der Waals surface area (Å²) >= 11 is 7.11. The Kier molecular flexibility index (Phi) is 4.15. The predicted octanol–water partition coefficient (Wildman–Crippen LogP) is 3.58. The van der Waals surface area contributed by atoms with Gasteiger partial charge >= 0.3 is 0 Å². The molecule has 1 unspecified atom stereocenters. The summed E-state index contributed by atoms with van der Waals surface area (Å²) in [5, 5.41) is 3.57. The van der Waals surface area contributed by atoms with Crippen LogP contribution in [0.2, 0.25) is 0 Å². The van der Waals surface area contributed by atoms with E-state index in [0.717, 1.165) is 34.4 Å². The summed E-state index contributed by atoms with van der Waals surface area (Å²) in [5.74, 6) is 1.09. The Morgan fingerprint density at radius 1 is 1.26 bits per heavy atom. The molecule has 104 valence electrons. The summed E-state index contributed by atoms with van der Waals surface area (Å²) in [4.78, 5) is 7.04. The third-order valence-electron chi connectivity index (χ3n) is 4.31. The van der Waals surface area contributed by atoms with Crippen molar-refractivity contribution in [3.63, 3.8) is 0 Å². The highest BCUT2D eigenvalue weighted by atomic mass is 79.9. The van der Waals surface area contributed by atoms with Gasteiger partial charge in [0.15, 0.2) is 0 Å². The van der Waals surface area contributed by atoms with E-state index in [1.807, 2.05) is 6.20 Å². The van der Waals surface area contributed by atoms with E-state index in [4.69, 9.17) is 0 Å². The van der Waals surface area contributed by atoms with Gasteiger partial charge in [0.1, 0.15) is 5.82 Å². The van der Waals surface area contributed by atoms with E-state index in [2.05, 4.69) is 53.1 Å². The van der Waals surface area contributed by atoms with Crippen LogP contribution >= 0.6 is 31.9 Å². The van der Waals surface area contributed by atoms with Crippen LogP contribution in [0.3, 0.4) is 0 Å². The number of hydrogen-bond donors (Lipinski definition) is 1. The first-order chi connectivity index (χ1) is 9.19. The fraction of sp³-hybridized carbons (Fsp3) is 0.643. The molecule has 1 aromatic heterocycles. The molecule has 0 aromatic carbocycles. The fourth-order valence-electron chi connectivity index (χ4n) is 3.41. The molecule has 0 amide bonds. The molecule has 3 rings (SSSR count). The molecule has 1 aromatic rings. The zero-order valence-corrected chi connectivity index (χ0v) is 14.1. The van der Waals surface area contributed by atoms with Crippen LogP contribution in [0.15, 0.2) is 21.2 Å². The molecule has 1 spiro atoms. The van der Waals surface area contributed by atoms with Crippen LogP contribution in [0.1, 0.15) is 25.7 Å². The summed E-state index contributed by atoms with van der Waals surface area (Å²) in [5.41, 5.74) is 0.463. The van der Waals surface area contributed by atoms with Crippen molar-refractivity contribution in [2.75, 3.05) is 31.1 Å². The summed E-state index contributed by atoms with van der Waals surface area (Å²) in [7, 11) is 0. The van der Waals surface area contributed by atoms with Crippen LogP contribution in [-0.2, 0) is 0 Å². The van der Waals surface area contributed by atoms with Crippen molar-refractivity contribution in [3.8, 4) is 0 Å². The van der Waals surface area contributed by atoms with Crippen molar-refractivity contribution in [2.24, 2.45) is 5.41 Å². The Morgan fingerprint density at radius 3 is 2.84 bits per heavy atom. The SMILES string of the molecule is Brc1cnc(N2CCCC3(CCCNC3)C2)c(Br)c1. The Morgan fingerprint density at radius 2 is 2.11 bits per heavy atom. The highest BCUT2D eigenvalue weighted by Crippen LogP contribution is 2.39. The molecular formula is C14H19Br2N3. The van der Waals surface area contributed by atoms with Gasteiger partial charge in [0, 0.05) is 35.7 Å². The number of hydrogen-bond acceptors (Lipinski definition) is 3. The van der Waals surface area contributed by atoms with Crippen LogP contribution in [0.4, 0.5) is 5.82 Å². The fourth-order valence-corrected chi connectivity index (χ4v) is 4.65. The van der Waals surface area contributed by atoms with E-state index in [-0.39, 0.29) is 0 Å². The lowest BCUT2D eigenvalue weighted by molar-refractivity contribution is 0.173. The number of nitrogens with one attached hydrogen (secondary N) is 1.